The Kier molecular flexibility index (Phi) is 7.24. The molecule has 1 N–H and O–H groups in total. The first-order valence-corrected chi connectivity index (χ1v) is 12.0. The molecule has 35 heavy (non-hydrogen) atoms. The number of aromatic amines is 1. The molecular formula is C25H30F3N5O2. The van der Waals surface area contributed by atoms with E-state index in [0.717, 1.165) is 23.4 Å². The Hall–Kier alpha value is -3.22. The van der Waals surface area contributed by atoms with Gasteiger partial charge in [0, 0.05) is 49.6 Å². The van der Waals surface area contributed by atoms with E-state index in [1.165, 1.54) is 12.1 Å². The molecule has 10 heteroatoms. The van der Waals surface area contributed by atoms with Crippen molar-refractivity contribution in [3.05, 3.63) is 47.3 Å². The number of alkyl halides is 3. The molecule has 0 bridgehead atoms. The molecular weight excluding hydrogens is 459 g/mol. The topological polar surface area (TPSA) is 85.2 Å². The van der Waals surface area contributed by atoms with E-state index in [1.54, 1.807) is 17.0 Å². The van der Waals surface area contributed by atoms with Crippen LogP contribution >= 0.6 is 0 Å². The number of piperidine rings is 2. The molecule has 1 aromatic carbocycles. The monoisotopic (exact) mass is 489 g/mol. The Labute approximate surface area is 202 Å². The number of rotatable bonds is 4. The number of hydrogen-bond acceptors (Lipinski definition) is 4. The van der Waals surface area contributed by atoms with Gasteiger partial charge >= 0.3 is 12.4 Å². The normalized spacial score (nSPS) is 21.7. The average Bonchev–Trinajstić information content (AvgIpc) is 3.34. The van der Waals surface area contributed by atoms with Crippen LogP contribution in [0.5, 0.6) is 5.75 Å². The highest BCUT2D eigenvalue weighted by Crippen LogP contribution is 2.37. The lowest BCUT2D eigenvalue weighted by Crippen LogP contribution is -2.51. The van der Waals surface area contributed by atoms with Gasteiger partial charge in [-0.15, -0.1) is 13.2 Å². The summed E-state index contributed by atoms with van der Waals surface area (Å²) in [5.41, 5.74) is 2.76. The number of carbonyl (C=O) groups is 1. The van der Waals surface area contributed by atoms with Crippen molar-refractivity contribution in [2.45, 2.75) is 57.2 Å². The predicted octanol–water partition coefficient (Wildman–Crippen LogP) is 5.36. The SMILES string of the molecule is CC(C)c1cc(C2CC(c3ccc(OC(F)(F)F)cc3)CN(C(=O)N3CCC(C#N)CC3)C2)[nH]n1. The number of amides is 2. The highest BCUT2D eigenvalue weighted by Gasteiger charge is 2.36. The average molecular weight is 490 g/mol. The van der Waals surface area contributed by atoms with E-state index < -0.39 is 6.36 Å². The lowest BCUT2D eigenvalue weighted by molar-refractivity contribution is -0.274. The molecule has 2 fully saturated rings. The number of nitrogens with zero attached hydrogens (tertiary/aromatic N) is 4. The predicted molar refractivity (Wildman–Crippen MR) is 123 cm³/mol. The summed E-state index contributed by atoms with van der Waals surface area (Å²) in [6.07, 6.45) is -2.67. The highest BCUT2D eigenvalue weighted by atomic mass is 19.4. The van der Waals surface area contributed by atoms with Crippen LogP contribution in [0.1, 0.15) is 67.8 Å². The Morgan fingerprint density at radius 2 is 1.80 bits per heavy atom. The van der Waals surface area contributed by atoms with Gasteiger partial charge in [-0.25, -0.2) is 4.79 Å². The quantitative estimate of drug-likeness (QED) is 0.627. The summed E-state index contributed by atoms with van der Waals surface area (Å²) in [4.78, 5) is 17.1. The fraction of sp³-hybridized carbons (Fsp3) is 0.560. The highest BCUT2D eigenvalue weighted by molar-refractivity contribution is 5.75. The minimum Gasteiger partial charge on any atom is -0.406 e. The van der Waals surface area contributed by atoms with E-state index >= 15 is 0 Å². The fourth-order valence-corrected chi connectivity index (χ4v) is 4.92. The lowest BCUT2D eigenvalue weighted by atomic mass is 9.83. The molecule has 7 nitrogen and oxygen atoms in total. The molecule has 0 radical (unpaired) electrons. The molecule has 0 spiro atoms. The van der Waals surface area contributed by atoms with E-state index in [0.29, 0.717) is 39.0 Å². The van der Waals surface area contributed by atoms with Crippen LogP contribution < -0.4 is 4.74 Å². The standard InChI is InChI=1S/C25H30F3N5O2/c1-16(2)22-12-23(31-30-22)20-11-19(18-3-5-21(6-4-18)35-25(26,27)28)14-33(15-20)24(34)32-9-7-17(13-29)8-10-32/h3-6,12,16-17,19-20H,7-11,14-15H2,1-2H3,(H,30,31). The lowest BCUT2D eigenvalue weighted by Gasteiger charge is -2.41. The number of aromatic nitrogens is 2. The zero-order chi connectivity index (χ0) is 25.2. The zero-order valence-electron chi connectivity index (χ0n) is 19.9. The van der Waals surface area contributed by atoms with Gasteiger partial charge in [-0.1, -0.05) is 26.0 Å². The number of likely N-dealkylation sites (tertiary alicyclic amines) is 2. The number of urea groups is 1. The van der Waals surface area contributed by atoms with Crippen LogP contribution in [0.4, 0.5) is 18.0 Å². The Bertz CT molecular complexity index is 1050. The smallest absolute Gasteiger partial charge is 0.406 e. The molecule has 0 saturated carbocycles. The summed E-state index contributed by atoms with van der Waals surface area (Å²) in [5, 5.41) is 16.7. The van der Waals surface area contributed by atoms with Gasteiger partial charge in [0.15, 0.2) is 0 Å². The minimum atomic E-state index is -4.74. The number of H-pyrrole nitrogens is 1. The number of nitriles is 1. The van der Waals surface area contributed by atoms with Crippen molar-refractivity contribution in [2.75, 3.05) is 26.2 Å². The van der Waals surface area contributed by atoms with Crippen LogP contribution in [-0.4, -0.2) is 58.6 Å². The molecule has 188 valence electrons. The van der Waals surface area contributed by atoms with Crippen molar-refractivity contribution in [3.8, 4) is 11.8 Å². The molecule has 3 heterocycles. The van der Waals surface area contributed by atoms with E-state index in [4.69, 9.17) is 5.26 Å². The van der Waals surface area contributed by atoms with Gasteiger partial charge < -0.3 is 14.5 Å². The van der Waals surface area contributed by atoms with E-state index in [1.807, 2.05) is 11.0 Å². The maximum atomic E-state index is 13.4. The third-order valence-corrected chi connectivity index (χ3v) is 6.90. The number of hydrogen-bond donors (Lipinski definition) is 1. The summed E-state index contributed by atoms with van der Waals surface area (Å²) in [6.45, 7) is 6.23. The summed E-state index contributed by atoms with van der Waals surface area (Å²) in [6, 6.07) is 10.2. The van der Waals surface area contributed by atoms with E-state index in [2.05, 4.69) is 34.9 Å². The maximum absolute atomic E-state index is 13.4. The molecule has 2 saturated heterocycles. The molecule has 4 rings (SSSR count). The van der Waals surface area contributed by atoms with Crippen LogP contribution in [0.3, 0.4) is 0 Å². The Balaban J connectivity index is 1.55. The first-order valence-electron chi connectivity index (χ1n) is 12.0. The van der Waals surface area contributed by atoms with Crippen molar-refractivity contribution in [1.82, 2.24) is 20.0 Å². The van der Waals surface area contributed by atoms with Crippen LogP contribution in [-0.2, 0) is 0 Å². The minimum absolute atomic E-state index is 0.0143. The van der Waals surface area contributed by atoms with Crippen molar-refractivity contribution in [3.63, 3.8) is 0 Å². The van der Waals surface area contributed by atoms with E-state index in [-0.39, 0.29) is 35.5 Å². The van der Waals surface area contributed by atoms with Gasteiger partial charge in [0.2, 0.25) is 0 Å². The van der Waals surface area contributed by atoms with Gasteiger partial charge in [-0.05, 0) is 48.9 Å². The van der Waals surface area contributed by atoms with Crippen molar-refractivity contribution in [2.24, 2.45) is 5.92 Å². The van der Waals surface area contributed by atoms with Crippen LogP contribution in [0.2, 0.25) is 0 Å². The number of ether oxygens (including phenoxy) is 1. The second kappa shape index (κ2) is 10.2. The molecule has 2 aliphatic heterocycles. The molecule has 2 aromatic rings. The molecule has 2 amide bonds. The maximum Gasteiger partial charge on any atom is 0.573 e. The van der Waals surface area contributed by atoms with Crippen molar-refractivity contribution in [1.29, 1.82) is 5.26 Å². The van der Waals surface area contributed by atoms with Crippen LogP contribution in [0, 0.1) is 17.2 Å². The summed E-state index contributed by atoms with van der Waals surface area (Å²) >= 11 is 0. The van der Waals surface area contributed by atoms with Crippen molar-refractivity contribution >= 4 is 6.03 Å². The number of nitrogens with one attached hydrogen (secondary N) is 1. The molecule has 2 aliphatic rings. The number of halogens is 3. The first kappa shape index (κ1) is 24.9. The fourth-order valence-electron chi connectivity index (χ4n) is 4.92. The summed E-state index contributed by atoms with van der Waals surface area (Å²) < 4.78 is 41.7. The van der Waals surface area contributed by atoms with Gasteiger partial charge in [0.05, 0.1) is 11.8 Å². The largest absolute Gasteiger partial charge is 0.573 e. The Morgan fingerprint density at radius 1 is 1.14 bits per heavy atom. The second-order valence-electron chi connectivity index (χ2n) is 9.73. The summed E-state index contributed by atoms with van der Waals surface area (Å²) in [5.74, 6) is -0.0601. The van der Waals surface area contributed by atoms with Crippen molar-refractivity contribution < 1.29 is 22.7 Å². The number of benzene rings is 1. The van der Waals surface area contributed by atoms with Crippen LogP contribution in [0.15, 0.2) is 30.3 Å². The van der Waals surface area contributed by atoms with Crippen LogP contribution in [0.25, 0.3) is 0 Å². The van der Waals surface area contributed by atoms with Gasteiger partial charge in [0.25, 0.3) is 0 Å². The van der Waals surface area contributed by atoms with Gasteiger partial charge in [-0.2, -0.15) is 10.4 Å². The summed E-state index contributed by atoms with van der Waals surface area (Å²) in [7, 11) is 0. The Morgan fingerprint density at radius 3 is 2.37 bits per heavy atom. The first-order chi connectivity index (χ1) is 16.6. The van der Waals surface area contributed by atoms with Gasteiger partial charge in [-0.3, -0.25) is 5.10 Å². The third kappa shape index (κ3) is 6.08. The molecule has 1 aromatic heterocycles. The molecule has 2 unspecified atom stereocenters. The zero-order valence-corrected chi connectivity index (χ0v) is 19.9. The molecule has 0 aliphatic carbocycles. The second-order valence-corrected chi connectivity index (χ2v) is 9.73. The number of carbonyl (C=O) groups excluding carboxylic acids is 1. The van der Waals surface area contributed by atoms with E-state index in [9.17, 15) is 18.0 Å². The van der Waals surface area contributed by atoms with Gasteiger partial charge in [0.1, 0.15) is 5.75 Å². The molecule has 2 atom stereocenters. The third-order valence-electron chi connectivity index (χ3n) is 6.90.